The summed E-state index contributed by atoms with van der Waals surface area (Å²) in [5.74, 6) is -3.87. The fourth-order valence-corrected chi connectivity index (χ4v) is 6.21. The number of alkyl halides is 2. The van der Waals surface area contributed by atoms with Crippen molar-refractivity contribution < 1.29 is 33.0 Å². The Labute approximate surface area is 234 Å². The van der Waals surface area contributed by atoms with Crippen LogP contribution >= 0.6 is 49.9 Å². The van der Waals surface area contributed by atoms with E-state index >= 15 is 0 Å². The first-order chi connectivity index (χ1) is 17.0. The molecule has 0 bridgehead atoms. The smallest absolute Gasteiger partial charge is 0.410 e. The number of hydrogen-bond acceptors (Lipinski definition) is 6. The number of carbonyl (C=O) groups excluding carboxylic acids is 2. The van der Waals surface area contributed by atoms with Gasteiger partial charge in [0, 0.05) is 31.4 Å². The average Bonchev–Trinajstić information content (AvgIpc) is 3.27. The number of aliphatic hydroxyl groups excluding tert-OH is 1. The van der Waals surface area contributed by atoms with E-state index in [1.54, 1.807) is 26.0 Å². The maximum absolute atomic E-state index is 14.9. The van der Waals surface area contributed by atoms with Crippen LogP contribution < -0.4 is 0 Å². The van der Waals surface area contributed by atoms with Gasteiger partial charge in [0.2, 0.25) is 0 Å². The van der Waals surface area contributed by atoms with Gasteiger partial charge in [0.05, 0.1) is 18.8 Å². The molecule has 2 aromatic rings. The van der Waals surface area contributed by atoms with E-state index in [0.717, 1.165) is 11.0 Å². The molecule has 0 spiro atoms. The highest BCUT2D eigenvalue weighted by Crippen LogP contribution is 2.35. The molecule has 36 heavy (non-hydrogen) atoms. The van der Waals surface area contributed by atoms with Crippen molar-refractivity contribution >= 4 is 61.9 Å². The zero-order valence-corrected chi connectivity index (χ0v) is 24.3. The lowest BCUT2D eigenvalue weighted by atomic mass is 10.0. The molecule has 0 aliphatic carbocycles. The first kappa shape index (κ1) is 29.0. The van der Waals surface area contributed by atoms with Gasteiger partial charge < -0.3 is 19.5 Å². The molecule has 1 aliphatic rings. The minimum Gasteiger partial charge on any atom is -0.459 e. The molecule has 11 heteroatoms. The van der Waals surface area contributed by atoms with Gasteiger partial charge in [-0.2, -0.15) is 8.78 Å². The number of aryl methyl sites for hydroxylation is 1. The van der Waals surface area contributed by atoms with Crippen LogP contribution in [0.5, 0.6) is 0 Å². The Kier molecular flexibility index (Phi) is 10.3. The maximum Gasteiger partial charge on any atom is 0.410 e. The second-order valence-electron chi connectivity index (χ2n) is 8.60. The number of cyclic esters (lactones) is 1. The monoisotopic (exact) mass is 697 g/mol. The van der Waals surface area contributed by atoms with Crippen LogP contribution in [0.3, 0.4) is 0 Å². The van der Waals surface area contributed by atoms with E-state index in [1.807, 2.05) is 28.7 Å². The van der Waals surface area contributed by atoms with E-state index in [0.29, 0.717) is 38.7 Å². The van der Waals surface area contributed by atoms with Crippen LogP contribution in [-0.2, 0) is 21.8 Å². The number of thiophene rings is 1. The third-order valence-electron chi connectivity index (χ3n) is 5.44. The maximum atomic E-state index is 14.9. The van der Waals surface area contributed by atoms with Gasteiger partial charge in [0.1, 0.15) is 11.0 Å². The molecular weight excluding hydrogens is 671 g/mol. The molecule has 2 unspecified atom stereocenters. The summed E-state index contributed by atoms with van der Waals surface area (Å²) in [6.07, 6.45) is 1.37. The van der Waals surface area contributed by atoms with Crippen LogP contribution in [0.25, 0.3) is 0 Å². The van der Waals surface area contributed by atoms with E-state index in [4.69, 9.17) is 9.47 Å². The molecule has 2 heterocycles. The van der Waals surface area contributed by atoms with Gasteiger partial charge in [-0.3, -0.25) is 0 Å². The number of halogens is 4. The lowest BCUT2D eigenvalue weighted by Gasteiger charge is -2.33. The summed E-state index contributed by atoms with van der Waals surface area (Å²) in [4.78, 5) is 27.4. The first-order valence-corrected chi connectivity index (χ1v) is 14.1. The summed E-state index contributed by atoms with van der Waals surface area (Å²) in [6, 6.07) is 7.41. The van der Waals surface area contributed by atoms with E-state index in [-0.39, 0.29) is 24.2 Å². The summed E-state index contributed by atoms with van der Waals surface area (Å²) in [6.45, 7) is 4.09. The van der Waals surface area contributed by atoms with Gasteiger partial charge in [-0.1, -0.05) is 28.1 Å². The number of carbonyl (C=O) groups is 2. The Hall–Kier alpha value is -1.57. The highest BCUT2D eigenvalue weighted by molar-refractivity contribution is 14.1. The number of esters is 1. The number of rotatable bonds is 10. The van der Waals surface area contributed by atoms with Gasteiger partial charge in [0.15, 0.2) is 0 Å². The predicted octanol–water partition coefficient (Wildman–Crippen LogP) is 6.53. The van der Waals surface area contributed by atoms with Gasteiger partial charge in [0.25, 0.3) is 0 Å². The summed E-state index contributed by atoms with van der Waals surface area (Å²) < 4.78 is 41.2. The molecule has 2 atom stereocenters. The van der Waals surface area contributed by atoms with E-state index in [2.05, 4.69) is 15.9 Å². The Morgan fingerprint density at radius 2 is 2.14 bits per heavy atom. The number of aliphatic hydroxyl groups is 1. The standard InChI is InChI=1S/C25H27BrF2INO5S/c1-15(2)35-23(32)21-7-6-20(36-21)4-3-10-30-19(9-11-34-24(30)33)5-8-22(31)25(27,28)16-12-17(26)14-18(29)13-16/h5-8,12-15,19,22,31H,3-4,9-11H2,1-2H3. The average molecular weight is 698 g/mol. The van der Waals surface area contributed by atoms with Crippen molar-refractivity contribution in [3.05, 3.63) is 65.8 Å². The molecule has 0 radical (unpaired) electrons. The number of ether oxygens (including phenoxy) is 2. The summed E-state index contributed by atoms with van der Waals surface area (Å²) in [5, 5.41) is 10.3. The van der Waals surface area contributed by atoms with Crippen LogP contribution in [0.1, 0.15) is 46.8 Å². The van der Waals surface area contributed by atoms with Crippen molar-refractivity contribution in [2.45, 2.75) is 57.3 Å². The van der Waals surface area contributed by atoms with Crippen molar-refractivity contribution in [3.8, 4) is 0 Å². The fourth-order valence-electron chi connectivity index (χ4n) is 3.69. The molecule has 1 N–H and O–H groups in total. The van der Waals surface area contributed by atoms with Gasteiger partial charge in [-0.05, 0) is 79.6 Å². The largest absolute Gasteiger partial charge is 0.459 e. The highest BCUT2D eigenvalue weighted by Gasteiger charge is 2.40. The quantitative estimate of drug-likeness (QED) is 0.174. The van der Waals surface area contributed by atoms with Crippen LogP contribution in [0.2, 0.25) is 0 Å². The highest BCUT2D eigenvalue weighted by atomic mass is 127. The molecule has 1 saturated heterocycles. The normalized spacial score (nSPS) is 17.5. The molecule has 196 valence electrons. The van der Waals surface area contributed by atoms with E-state index in [1.165, 1.54) is 34.4 Å². The zero-order chi connectivity index (χ0) is 26.5. The second kappa shape index (κ2) is 12.8. The summed E-state index contributed by atoms with van der Waals surface area (Å²) in [5.41, 5.74) is -0.300. The predicted molar refractivity (Wildman–Crippen MR) is 146 cm³/mol. The van der Waals surface area contributed by atoms with Crippen LogP contribution in [0.15, 0.2) is 47.0 Å². The Bertz CT molecular complexity index is 1090. The lowest BCUT2D eigenvalue weighted by Crippen LogP contribution is -2.45. The van der Waals surface area contributed by atoms with Crippen LogP contribution in [0, 0.1) is 3.57 Å². The fraction of sp³-hybridized carbons (Fsp3) is 0.440. The third-order valence-corrected chi connectivity index (χ3v) is 7.64. The number of amides is 1. The van der Waals surface area contributed by atoms with Gasteiger partial charge in [-0.15, -0.1) is 11.3 Å². The Morgan fingerprint density at radius 1 is 1.39 bits per heavy atom. The van der Waals surface area contributed by atoms with Gasteiger partial charge >= 0.3 is 18.0 Å². The van der Waals surface area contributed by atoms with Crippen LogP contribution in [0.4, 0.5) is 13.6 Å². The second-order valence-corrected chi connectivity index (χ2v) is 11.9. The number of hydrogen-bond donors (Lipinski definition) is 1. The van der Waals surface area contributed by atoms with Crippen molar-refractivity contribution in [2.75, 3.05) is 13.2 Å². The molecule has 6 nitrogen and oxygen atoms in total. The zero-order valence-electron chi connectivity index (χ0n) is 19.8. The molecule has 1 amide bonds. The van der Waals surface area contributed by atoms with Crippen LogP contribution in [-0.4, -0.2) is 53.5 Å². The third kappa shape index (κ3) is 7.72. The number of benzene rings is 1. The number of nitrogens with zero attached hydrogens (tertiary/aromatic N) is 1. The van der Waals surface area contributed by atoms with Crippen molar-refractivity contribution in [3.63, 3.8) is 0 Å². The molecule has 1 aliphatic heterocycles. The lowest BCUT2D eigenvalue weighted by molar-refractivity contribution is -0.0930. The van der Waals surface area contributed by atoms with Crippen molar-refractivity contribution in [2.24, 2.45) is 0 Å². The first-order valence-electron chi connectivity index (χ1n) is 11.4. The van der Waals surface area contributed by atoms with E-state index < -0.39 is 24.2 Å². The van der Waals surface area contributed by atoms with Crippen molar-refractivity contribution in [1.82, 2.24) is 4.90 Å². The van der Waals surface area contributed by atoms with Crippen molar-refractivity contribution in [1.29, 1.82) is 0 Å². The summed E-state index contributed by atoms with van der Waals surface area (Å²) >= 11 is 6.49. The SMILES string of the molecule is CC(C)OC(=O)c1ccc(CCCN2C(=O)OCCC2C=CC(O)C(F)(F)c2cc(Br)cc(I)c2)s1. The minimum absolute atomic E-state index is 0.174. The Morgan fingerprint density at radius 3 is 2.83 bits per heavy atom. The minimum atomic E-state index is -3.51. The molecule has 1 aromatic carbocycles. The summed E-state index contributed by atoms with van der Waals surface area (Å²) in [7, 11) is 0. The molecule has 1 fully saturated rings. The Balaban J connectivity index is 1.61. The van der Waals surface area contributed by atoms with E-state index in [9.17, 15) is 23.5 Å². The molecule has 1 aromatic heterocycles. The molecular formula is C25H27BrF2INO5S. The topological polar surface area (TPSA) is 76.1 Å². The molecule has 3 rings (SSSR count). The molecule has 0 saturated carbocycles. The van der Waals surface area contributed by atoms with Gasteiger partial charge in [-0.25, -0.2) is 9.59 Å².